The van der Waals surface area contributed by atoms with Crippen LogP contribution >= 0.6 is 0 Å². The van der Waals surface area contributed by atoms with Crippen LogP contribution in [0.25, 0.3) is 0 Å². The first-order valence-corrected chi connectivity index (χ1v) is 10.5. The highest BCUT2D eigenvalue weighted by Gasteiger charge is 2.29. The van der Waals surface area contributed by atoms with Gasteiger partial charge in [0.15, 0.2) is 6.61 Å². The summed E-state index contributed by atoms with van der Waals surface area (Å²) in [5.74, 6) is -0.309. The Morgan fingerprint density at radius 2 is 1.71 bits per heavy atom. The summed E-state index contributed by atoms with van der Waals surface area (Å²) in [6.07, 6.45) is 1.20. The van der Waals surface area contributed by atoms with E-state index in [4.69, 9.17) is 4.74 Å². The summed E-state index contributed by atoms with van der Waals surface area (Å²) in [5.41, 5.74) is 5.40. The molecule has 0 unspecified atom stereocenters. The van der Waals surface area contributed by atoms with Gasteiger partial charge in [0, 0.05) is 31.9 Å². The van der Waals surface area contributed by atoms with Crippen LogP contribution in [0.4, 0.5) is 27.4 Å². The molecule has 0 atom stereocenters. The van der Waals surface area contributed by atoms with Crippen LogP contribution in [0.15, 0.2) is 60.9 Å². The summed E-state index contributed by atoms with van der Waals surface area (Å²) < 4.78 is 18.5. The lowest BCUT2D eigenvalue weighted by Gasteiger charge is -2.36. The topological polar surface area (TPSA) is 126 Å². The Balaban J connectivity index is 1.39. The van der Waals surface area contributed by atoms with Crippen molar-refractivity contribution in [1.82, 2.24) is 15.4 Å². The van der Waals surface area contributed by atoms with E-state index in [1.165, 1.54) is 18.5 Å². The number of para-hydroxylation sites is 1. The summed E-state index contributed by atoms with van der Waals surface area (Å²) in [5, 5.41) is 11.8. The first-order valence-electron chi connectivity index (χ1n) is 10.5. The average molecular weight is 467 g/mol. The fraction of sp³-hybridized carbons (Fsp3) is 0.227. The second-order valence-electron chi connectivity index (χ2n) is 7.38. The number of benzene rings is 2. The second kappa shape index (κ2) is 10.4. The van der Waals surface area contributed by atoms with Gasteiger partial charge in [0.2, 0.25) is 11.6 Å². The van der Waals surface area contributed by atoms with Gasteiger partial charge in [0.25, 0.3) is 5.91 Å². The van der Waals surface area contributed by atoms with E-state index in [2.05, 4.69) is 25.7 Å². The molecule has 3 aromatic rings. The standard InChI is InChI=1S/C22H22FN7O4/c23-16-6-8-17(9-7-16)28-10-12-29(13-11-28)22-20(30(32)33)21(24-15-25-22)27-26-19(31)14-34-18-4-2-1-3-5-18/h1-9,15H,10-14H2,(H,26,31)(H,24,25,27). The quantitative estimate of drug-likeness (QED) is 0.379. The number of nitrogens with one attached hydrogen (secondary N) is 2. The molecule has 2 heterocycles. The van der Waals surface area contributed by atoms with Gasteiger partial charge >= 0.3 is 5.69 Å². The van der Waals surface area contributed by atoms with E-state index in [-0.39, 0.29) is 29.7 Å². The maximum absolute atomic E-state index is 13.2. The Kier molecular flexibility index (Phi) is 6.96. The van der Waals surface area contributed by atoms with Crippen LogP contribution in [0.5, 0.6) is 5.75 Å². The highest BCUT2D eigenvalue weighted by molar-refractivity contribution is 5.80. The first-order chi connectivity index (χ1) is 16.5. The highest BCUT2D eigenvalue weighted by Crippen LogP contribution is 2.32. The van der Waals surface area contributed by atoms with Crippen LogP contribution in [0.3, 0.4) is 0 Å². The Hall–Kier alpha value is -4.48. The largest absolute Gasteiger partial charge is 0.484 e. The van der Waals surface area contributed by atoms with Crippen LogP contribution < -0.4 is 25.4 Å². The van der Waals surface area contributed by atoms with E-state index < -0.39 is 10.8 Å². The van der Waals surface area contributed by atoms with Gasteiger partial charge in [-0.05, 0) is 36.4 Å². The molecule has 12 heteroatoms. The molecule has 0 saturated carbocycles. The molecule has 1 aliphatic heterocycles. The lowest BCUT2D eigenvalue weighted by Crippen LogP contribution is -2.47. The molecule has 2 N–H and O–H groups in total. The minimum atomic E-state index is -0.587. The summed E-state index contributed by atoms with van der Waals surface area (Å²) in [7, 11) is 0. The summed E-state index contributed by atoms with van der Waals surface area (Å²) in [4.78, 5) is 35.2. The van der Waals surface area contributed by atoms with Crippen molar-refractivity contribution in [2.45, 2.75) is 0 Å². The molecule has 1 saturated heterocycles. The molecular formula is C22H22FN7O4. The molecule has 1 amide bonds. The number of halogens is 1. The van der Waals surface area contributed by atoms with Gasteiger partial charge in [-0.25, -0.2) is 14.4 Å². The first kappa shape index (κ1) is 22.7. The van der Waals surface area contributed by atoms with E-state index in [1.807, 2.05) is 6.07 Å². The third-order valence-corrected chi connectivity index (χ3v) is 5.19. The van der Waals surface area contributed by atoms with Crippen LogP contribution in [0.1, 0.15) is 0 Å². The zero-order valence-corrected chi connectivity index (χ0v) is 18.1. The van der Waals surface area contributed by atoms with Crippen molar-refractivity contribution in [2.24, 2.45) is 0 Å². The molecule has 4 rings (SSSR count). The Labute approximate surface area is 194 Å². The zero-order chi connectivity index (χ0) is 23.9. The zero-order valence-electron chi connectivity index (χ0n) is 18.1. The van der Waals surface area contributed by atoms with Gasteiger partial charge in [-0.3, -0.25) is 25.8 Å². The van der Waals surface area contributed by atoms with Gasteiger partial charge in [-0.1, -0.05) is 18.2 Å². The van der Waals surface area contributed by atoms with E-state index in [9.17, 15) is 19.3 Å². The smallest absolute Gasteiger partial charge is 0.355 e. The number of nitro groups is 1. The third kappa shape index (κ3) is 5.46. The van der Waals surface area contributed by atoms with Crippen molar-refractivity contribution >= 4 is 28.9 Å². The molecule has 1 aromatic heterocycles. The van der Waals surface area contributed by atoms with Gasteiger partial charge in [-0.2, -0.15) is 0 Å². The molecular weight excluding hydrogens is 445 g/mol. The number of hydrogen-bond donors (Lipinski definition) is 2. The van der Waals surface area contributed by atoms with Gasteiger partial charge in [0.05, 0.1) is 4.92 Å². The van der Waals surface area contributed by atoms with Crippen molar-refractivity contribution in [2.75, 3.05) is 48.0 Å². The molecule has 2 aromatic carbocycles. The van der Waals surface area contributed by atoms with Crippen LogP contribution in [0.2, 0.25) is 0 Å². The lowest BCUT2D eigenvalue weighted by molar-refractivity contribution is -0.383. The van der Waals surface area contributed by atoms with Crippen molar-refractivity contribution in [3.63, 3.8) is 0 Å². The van der Waals surface area contributed by atoms with Gasteiger partial charge < -0.3 is 14.5 Å². The number of hydrogen-bond acceptors (Lipinski definition) is 9. The number of carbonyl (C=O) groups excluding carboxylic acids is 1. The Morgan fingerprint density at radius 1 is 1.03 bits per heavy atom. The Morgan fingerprint density at radius 3 is 2.38 bits per heavy atom. The summed E-state index contributed by atoms with van der Waals surface area (Å²) >= 11 is 0. The number of rotatable bonds is 8. The SMILES string of the molecule is O=C(COc1ccccc1)NNc1ncnc(N2CCN(c3ccc(F)cc3)CC2)c1[N+](=O)[O-]. The fourth-order valence-corrected chi connectivity index (χ4v) is 3.52. The maximum atomic E-state index is 13.2. The molecule has 1 fully saturated rings. The normalized spacial score (nSPS) is 13.3. The number of aromatic nitrogens is 2. The predicted molar refractivity (Wildman–Crippen MR) is 123 cm³/mol. The number of ether oxygens (including phenoxy) is 1. The third-order valence-electron chi connectivity index (χ3n) is 5.19. The number of carbonyl (C=O) groups is 1. The van der Waals surface area contributed by atoms with Crippen molar-refractivity contribution in [3.05, 3.63) is 76.9 Å². The monoisotopic (exact) mass is 467 g/mol. The van der Waals surface area contributed by atoms with E-state index in [0.717, 1.165) is 5.69 Å². The molecule has 0 radical (unpaired) electrons. The van der Waals surface area contributed by atoms with Gasteiger partial charge in [0.1, 0.15) is 17.9 Å². The molecule has 1 aliphatic rings. The predicted octanol–water partition coefficient (Wildman–Crippen LogP) is 2.37. The fourth-order valence-electron chi connectivity index (χ4n) is 3.52. The van der Waals surface area contributed by atoms with Crippen LogP contribution in [-0.4, -0.2) is 53.6 Å². The van der Waals surface area contributed by atoms with Crippen molar-refractivity contribution in [3.8, 4) is 5.75 Å². The minimum Gasteiger partial charge on any atom is -0.484 e. The number of hydrazine groups is 1. The van der Waals surface area contributed by atoms with Crippen molar-refractivity contribution in [1.29, 1.82) is 0 Å². The summed E-state index contributed by atoms with van der Waals surface area (Å²) in [6, 6.07) is 15.0. The highest BCUT2D eigenvalue weighted by atomic mass is 19.1. The van der Waals surface area contributed by atoms with Crippen molar-refractivity contribution < 1.29 is 18.8 Å². The Bertz CT molecular complexity index is 1140. The number of nitrogens with zero attached hydrogens (tertiary/aromatic N) is 5. The molecule has 0 aliphatic carbocycles. The van der Waals surface area contributed by atoms with Gasteiger partial charge in [-0.15, -0.1) is 0 Å². The van der Waals surface area contributed by atoms with E-state index in [1.54, 1.807) is 41.3 Å². The molecule has 0 spiro atoms. The number of amides is 1. The average Bonchev–Trinajstić information content (AvgIpc) is 2.87. The van der Waals surface area contributed by atoms with E-state index in [0.29, 0.717) is 31.9 Å². The number of anilines is 3. The summed E-state index contributed by atoms with van der Waals surface area (Å²) in [6.45, 7) is 1.79. The number of piperazine rings is 1. The van der Waals surface area contributed by atoms with Crippen LogP contribution in [-0.2, 0) is 4.79 Å². The molecule has 176 valence electrons. The maximum Gasteiger partial charge on any atom is 0.355 e. The lowest BCUT2D eigenvalue weighted by atomic mass is 10.2. The molecule has 0 bridgehead atoms. The second-order valence-corrected chi connectivity index (χ2v) is 7.38. The van der Waals surface area contributed by atoms with Crippen LogP contribution in [0, 0.1) is 15.9 Å². The molecule has 34 heavy (non-hydrogen) atoms. The van der Waals surface area contributed by atoms with E-state index >= 15 is 0 Å². The molecule has 11 nitrogen and oxygen atoms in total. The minimum absolute atomic E-state index is 0.135.